The molecule has 0 saturated carbocycles. The van der Waals surface area contributed by atoms with Gasteiger partial charge < -0.3 is 14.8 Å². The molecule has 0 fully saturated rings. The van der Waals surface area contributed by atoms with Gasteiger partial charge in [-0.25, -0.2) is 0 Å². The van der Waals surface area contributed by atoms with Crippen LogP contribution in [0.2, 0.25) is 0 Å². The normalized spacial score (nSPS) is 11.4. The molecule has 0 bridgehead atoms. The van der Waals surface area contributed by atoms with Crippen molar-refractivity contribution in [2.24, 2.45) is 0 Å². The molecule has 10 nitrogen and oxygen atoms in total. The van der Waals surface area contributed by atoms with Crippen molar-refractivity contribution in [3.05, 3.63) is 50.6 Å². The topological polar surface area (TPSA) is 134 Å². The molecule has 0 aliphatic carbocycles. The average molecular weight is 331 g/mol. The highest BCUT2D eigenvalue weighted by Gasteiger charge is 2.29. The summed E-state index contributed by atoms with van der Waals surface area (Å²) < 4.78 is 11.1. The van der Waals surface area contributed by atoms with Crippen LogP contribution in [0.1, 0.15) is 6.92 Å². The molecule has 24 heavy (non-hydrogen) atoms. The molecule has 0 spiro atoms. The van der Waals surface area contributed by atoms with Crippen molar-refractivity contribution in [1.29, 1.82) is 0 Å². The van der Waals surface area contributed by atoms with E-state index in [0.717, 1.165) is 6.07 Å². The molecule has 122 valence electrons. The van der Waals surface area contributed by atoms with E-state index in [0.29, 0.717) is 0 Å². The van der Waals surface area contributed by atoms with Crippen LogP contribution >= 0.6 is 0 Å². The number of carbonyl (C=O) groups excluding carboxylic acids is 1. The summed E-state index contributed by atoms with van der Waals surface area (Å²) in [7, 11) is 0. The van der Waals surface area contributed by atoms with E-state index < -0.39 is 15.8 Å². The van der Waals surface area contributed by atoms with Gasteiger partial charge >= 0.3 is 0 Å². The van der Waals surface area contributed by atoms with Crippen LogP contribution in [0, 0.1) is 20.2 Å². The van der Waals surface area contributed by atoms with Crippen LogP contribution in [0.15, 0.2) is 30.3 Å². The zero-order chi connectivity index (χ0) is 17.4. The second-order valence-electron chi connectivity index (χ2n) is 4.82. The quantitative estimate of drug-likeness (QED) is 0.574. The molecule has 3 rings (SSSR count). The summed E-state index contributed by atoms with van der Waals surface area (Å²) in [5, 5.41) is 24.3. The summed E-state index contributed by atoms with van der Waals surface area (Å²) in [5.74, 6) is -0.252. The smallest absolute Gasteiger partial charge is 0.296 e. The molecular formula is C14H9N3O7. The van der Waals surface area contributed by atoms with E-state index in [1.165, 1.54) is 31.2 Å². The van der Waals surface area contributed by atoms with Crippen molar-refractivity contribution in [1.82, 2.24) is 0 Å². The largest absolute Gasteiger partial charge is 0.449 e. The Balaban J connectivity index is 2.13. The number of anilines is 1. The highest BCUT2D eigenvalue weighted by atomic mass is 16.6. The Labute approximate surface area is 133 Å². The van der Waals surface area contributed by atoms with Gasteiger partial charge in [0.1, 0.15) is 0 Å². The van der Waals surface area contributed by atoms with Crippen LogP contribution in [-0.4, -0.2) is 15.8 Å². The van der Waals surface area contributed by atoms with E-state index in [1.807, 2.05) is 0 Å². The fourth-order valence-electron chi connectivity index (χ4n) is 2.19. The first-order valence-corrected chi connectivity index (χ1v) is 6.60. The third kappa shape index (κ3) is 2.56. The number of hydrogen-bond acceptors (Lipinski definition) is 7. The number of nitro groups is 2. The lowest BCUT2D eigenvalue weighted by Crippen LogP contribution is -2.11. The predicted octanol–water partition coefficient (Wildman–Crippen LogP) is 3.36. The van der Waals surface area contributed by atoms with Crippen LogP contribution in [0.4, 0.5) is 17.1 Å². The van der Waals surface area contributed by atoms with Crippen molar-refractivity contribution in [2.75, 3.05) is 5.32 Å². The fraction of sp³-hybridized carbons (Fsp3) is 0.0714. The molecule has 2 aromatic rings. The summed E-state index contributed by atoms with van der Waals surface area (Å²) in [6, 6.07) is 6.23. The molecule has 1 aliphatic heterocycles. The van der Waals surface area contributed by atoms with E-state index in [-0.39, 0.29) is 40.1 Å². The summed E-state index contributed by atoms with van der Waals surface area (Å²) in [6.07, 6.45) is 0. The Kier molecular flexibility index (Phi) is 3.49. The summed E-state index contributed by atoms with van der Waals surface area (Å²) in [4.78, 5) is 32.0. The number of nitrogens with one attached hydrogen (secondary N) is 1. The van der Waals surface area contributed by atoms with Crippen molar-refractivity contribution >= 4 is 23.0 Å². The van der Waals surface area contributed by atoms with E-state index in [4.69, 9.17) is 9.47 Å². The molecule has 1 amide bonds. The lowest BCUT2D eigenvalue weighted by atomic mass is 10.2. The second kappa shape index (κ2) is 5.50. The number of non-ortho nitro benzene ring substituents is 1. The monoisotopic (exact) mass is 331 g/mol. The van der Waals surface area contributed by atoms with Gasteiger partial charge in [-0.15, -0.1) is 0 Å². The van der Waals surface area contributed by atoms with Gasteiger partial charge in [-0.1, -0.05) is 0 Å². The molecule has 0 aromatic heterocycles. The van der Waals surface area contributed by atoms with Crippen molar-refractivity contribution in [3.8, 4) is 23.0 Å². The minimum absolute atomic E-state index is 0.0174. The number of amides is 1. The first-order valence-electron chi connectivity index (χ1n) is 6.60. The Morgan fingerprint density at radius 1 is 1.00 bits per heavy atom. The van der Waals surface area contributed by atoms with E-state index in [9.17, 15) is 25.0 Å². The van der Waals surface area contributed by atoms with Crippen molar-refractivity contribution in [3.63, 3.8) is 0 Å². The Morgan fingerprint density at radius 2 is 1.71 bits per heavy atom. The van der Waals surface area contributed by atoms with Crippen LogP contribution in [0.3, 0.4) is 0 Å². The SMILES string of the molecule is CC(=O)Nc1c([N+](=O)[O-])ccc2c1Oc1cc([N+](=O)[O-])ccc1O2. The molecule has 2 aromatic carbocycles. The van der Waals surface area contributed by atoms with Crippen LogP contribution in [0.25, 0.3) is 0 Å². The fourth-order valence-corrected chi connectivity index (χ4v) is 2.19. The predicted molar refractivity (Wildman–Crippen MR) is 80.6 cm³/mol. The number of fused-ring (bicyclic) bond motifs is 2. The van der Waals surface area contributed by atoms with Crippen LogP contribution in [-0.2, 0) is 4.79 Å². The first kappa shape index (κ1) is 15.2. The minimum Gasteiger partial charge on any atom is -0.449 e. The number of nitro benzene ring substituents is 2. The highest BCUT2D eigenvalue weighted by molar-refractivity contribution is 5.95. The van der Waals surface area contributed by atoms with E-state index >= 15 is 0 Å². The zero-order valence-electron chi connectivity index (χ0n) is 12.1. The summed E-state index contributed by atoms with van der Waals surface area (Å²) >= 11 is 0. The lowest BCUT2D eigenvalue weighted by molar-refractivity contribution is -0.384. The molecule has 1 aliphatic rings. The van der Waals surface area contributed by atoms with Gasteiger partial charge in [-0.2, -0.15) is 0 Å². The maximum Gasteiger partial charge on any atom is 0.296 e. The summed E-state index contributed by atoms with van der Waals surface area (Å²) in [5.41, 5.74) is -0.795. The number of carbonyl (C=O) groups is 1. The lowest BCUT2D eigenvalue weighted by Gasteiger charge is -2.22. The molecule has 1 heterocycles. The van der Waals surface area contributed by atoms with Gasteiger partial charge in [-0.05, 0) is 12.1 Å². The third-order valence-electron chi connectivity index (χ3n) is 3.17. The van der Waals surface area contributed by atoms with Gasteiger partial charge in [-0.3, -0.25) is 25.0 Å². The number of hydrogen-bond donors (Lipinski definition) is 1. The zero-order valence-corrected chi connectivity index (χ0v) is 12.1. The number of rotatable bonds is 3. The van der Waals surface area contributed by atoms with Crippen LogP contribution < -0.4 is 14.8 Å². The first-order chi connectivity index (χ1) is 11.4. The molecule has 0 radical (unpaired) electrons. The van der Waals surface area contributed by atoms with Crippen LogP contribution in [0.5, 0.6) is 23.0 Å². The third-order valence-corrected chi connectivity index (χ3v) is 3.17. The maximum atomic E-state index is 11.3. The molecule has 1 N–H and O–H groups in total. The number of nitrogens with zero attached hydrogens (tertiary/aromatic N) is 2. The Morgan fingerprint density at radius 3 is 2.33 bits per heavy atom. The number of benzene rings is 2. The molecule has 0 unspecified atom stereocenters. The molecule has 10 heteroatoms. The Bertz CT molecular complexity index is 894. The molecular weight excluding hydrogens is 322 g/mol. The molecule has 0 atom stereocenters. The minimum atomic E-state index is -0.683. The Hall–Kier alpha value is -3.69. The second-order valence-corrected chi connectivity index (χ2v) is 4.82. The molecule has 0 saturated heterocycles. The number of ether oxygens (including phenoxy) is 2. The van der Waals surface area contributed by atoms with Gasteiger partial charge in [0.2, 0.25) is 11.7 Å². The highest BCUT2D eigenvalue weighted by Crippen LogP contribution is 2.52. The van der Waals surface area contributed by atoms with Gasteiger partial charge in [0, 0.05) is 19.1 Å². The van der Waals surface area contributed by atoms with Crippen molar-refractivity contribution in [2.45, 2.75) is 6.92 Å². The maximum absolute atomic E-state index is 11.3. The van der Waals surface area contributed by atoms with Crippen molar-refractivity contribution < 1.29 is 24.1 Å². The average Bonchev–Trinajstić information content (AvgIpc) is 2.52. The van der Waals surface area contributed by atoms with Gasteiger partial charge in [0.25, 0.3) is 11.4 Å². The van der Waals surface area contributed by atoms with E-state index in [1.54, 1.807) is 0 Å². The van der Waals surface area contributed by atoms with E-state index in [2.05, 4.69) is 5.32 Å². The standard InChI is InChI=1S/C14H9N3O7/c1-7(18)15-13-9(17(21)22)3-5-11-14(13)24-12-6-8(16(19)20)2-4-10(12)23-11/h2-6H,1H3,(H,15,18). The van der Waals surface area contributed by atoms with Gasteiger partial charge in [0.15, 0.2) is 22.9 Å². The van der Waals surface area contributed by atoms with Gasteiger partial charge in [0.05, 0.1) is 15.9 Å². The summed E-state index contributed by atoms with van der Waals surface area (Å²) in [6.45, 7) is 1.19.